The zero-order valence-corrected chi connectivity index (χ0v) is 8.88. The molecule has 1 heterocycles. The number of rotatable bonds is 1. The van der Waals surface area contributed by atoms with E-state index in [0.717, 1.165) is 19.0 Å². The van der Waals surface area contributed by atoms with Crippen LogP contribution < -0.4 is 10.6 Å². The number of hydrogen-bond acceptors (Lipinski definition) is 2. The Balaban J connectivity index is 1.94. The van der Waals surface area contributed by atoms with E-state index in [1.807, 2.05) is 0 Å². The third-order valence-corrected chi connectivity index (χ3v) is 3.52. The van der Waals surface area contributed by atoms with Crippen molar-refractivity contribution in [2.45, 2.75) is 38.6 Å². The molecular weight excluding hydrogens is 176 g/mol. The predicted octanol–water partition coefficient (Wildman–Crippen LogP) is 0.901. The Labute approximate surface area is 85.6 Å². The summed E-state index contributed by atoms with van der Waals surface area (Å²) >= 11 is 0. The number of amides is 1. The van der Waals surface area contributed by atoms with Crippen molar-refractivity contribution in [2.75, 3.05) is 13.1 Å². The van der Waals surface area contributed by atoms with Gasteiger partial charge in [-0.2, -0.15) is 0 Å². The molecule has 0 aromatic rings. The Hall–Kier alpha value is -0.570. The lowest BCUT2D eigenvalue weighted by molar-refractivity contribution is -0.126. The Morgan fingerprint density at radius 2 is 2.14 bits per heavy atom. The van der Waals surface area contributed by atoms with Crippen molar-refractivity contribution >= 4 is 5.91 Å². The van der Waals surface area contributed by atoms with Crippen LogP contribution in [0.4, 0.5) is 0 Å². The van der Waals surface area contributed by atoms with E-state index in [1.165, 1.54) is 25.7 Å². The Kier molecular flexibility index (Phi) is 3.06. The second-order valence-corrected chi connectivity index (χ2v) is 4.75. The molecule has 2 aliphatic rings. The highest BCUT2D eigenvalue weighted by Gasteiger charge is 2.32. The van der Waals surface area contributed by atoms with Gasteiger partial charge in [0.2, 0.25) is 5.91 Å². The van der Waals surface area contributed by atoms with Crippen LogP contribution in [-0.2, 0) is 4.79 Å². The van der Waals surface area contributed by atoms with E-state index in [2.05, 4.69) is 17.6 Å². The first-order valence-corrected chi connectivity index (χ1v) is 5.78. The number of hydrogen-bond donors (Lipinski definition) is 2. The fraction of sp³-hybridized carbons (Fsp3) is 0.909. The molecule has 3 heteroatoms. The van der Waals surface area contributed by atoms with Gasteiger partial charge in [-0.25, -0.2) is 0 Å². The van der Waals surface area contributed by atoms with E-state index in [0.29, 0.717) is 5.92 Å². The summed E-state index contributed by atoms with van der Waals surface area (Å²) in [4.78, 5) is 11.6. The molecule has 0 radical (unpaired) electrons. The van der Waals surface area contributed by atoms with Crippen LogP contribution in [0.15, 0.2) is 0 Å². The number of nitrogens with one attached hydrogen (secondary N) is 2. The molecule has 3 unspecified atom stereocenters. The third kappa shape index (κ3) is 2.08. The van der Waals surface area contributed by atoms with Gasteiger partial charge < -0.3 is 10.6 Å². The van der Waals surface area contributed by atoms with E-state index in [1.54, 1.807) is 0 Å². The van der Waals surface area contributed by atoms with Crippen molar-refractivity contribution < 1.29 is 4.79 Å². The van der Waals surface area contributed by atoms with E-state index in [4.69, 9.17) is 0 Å². The Bertz CT molecular complexity index is 217. The minimum absolute atomic E-state index is 0.0894. The van der Waals surface area contributed by atoms with Crippen molar-refractivity contribution in [2.24, 2.45) is 11.8 Å². The van der Waals surface area contributed by atoms with E-state index >= 15 is 0 Å². The van der Waals surface area contributed by atoms with Crippen LogP contribution in [0.1, 0.15) is 32.6 Å². The molecule has 2 rings (SSSR count). The summed E-state index contributed by atoms with van der Waals surface area (Å²) in [5.41, 5.74) is 0. The monoisotopic (exact) mass is 196 g/mol. The fourth-order valence-electron chi connectivity index (χ4n) is 2.78. The second-order valence-electron chi connectivity index (χ2n) is 4.75. The maximum atomic E-state index is 11.6. The Morgan fingerprint density at radius 1 is 1.29 bits per heavy atom. The van der Waals surface area contributed by atoms with E-state index in [9.17, 15) is 4.79 Å². The average Bonchev–Trinajstić information content (AvgIpc) is 2.18. The molecule has 3 nitrogen and oxygen atoms in total. The van der Waals surface area contributed by atoms with E-state index < -0.39 is 0 Å². The van der Waals surface area contributed by atoms with Crippen LogP contribution in [0.2, 0.25) is 0 Å². The predicted molar refractivity (Wildman–Crippen MR) is 55.9 cm³/mol. The first-order valence-electron chi connectivity index (χ1n) is 5.78. The highest BCUT2D eigenvalue weighted by Crippen LogP contribution is 2.31. The molecule has 1 saturated carbocycles. The molecule has 2 N–H and O–H groups in total. The van der Waals surface area contributed by atoms with Gasteiger partial charge in [0.1, 0.15) is 0 Å². The highest BCUT2D eigenvalue weighted by atomic mass is 16.2. The molecule has 1 aliphatic heterocycles. The van der Waals surface area contributed by atoms with Crippen LogP contribution in [0.5, 0.6) is 0 Å². The van der Waals surface area contributed by atoms with Crippen molar-refractivity contribution in [1.29, 1.82) is 0 Å². The van der Waals surface area contributed by atoms with Crippen LogP contribution in [0, 0.1) is 11.8 Å². The summed E-state index contributed by atoms with van der Waals surface area (Å²) in [6, 6.07) is 0.0894. The van der Waals surface area contributed by atoms with E-state index in [-0.39, 0.29) is 11.9 Å². The van der Waals surface area contributed by atoms with Gasteiger partial charge in [-0.1, -0.05) is 19.8 Å². The summed E-state index contributed by atoms with van der Waals surface area (Å²) in [6.45, 7) is 4.02. The highest BCUT2D eigenvalue weighted by molar-refractivity contribution is 5.82. The van der Waals surface area contributed by atoms with Crippen molar-refractivity contribution in [1.82, 2.24) is 10.6 Å². The SMILES string of the molecule is CC1CCCC(C2NCCNC2=O)C1. The maximum absolute atomic E-state index is 11.6. The van der Waals surface area contributed by atoms with Gasteiger partial charge in [0.05, 0.1) is 6.04 Å². The molecule has 2 fully saturated rings. The van der Waals surface area contributed by atoms with Crippen molar-refractivity contribution in [3.8, 4) is 0 Å². The standard InChI is InChI=1S/C11H20N2O/c1-8-3-2-4-9(7-8)10-11(14)13-6-5-12-10/h8-10,12H,2-7H2,1H3,(H,13,14). The lowest BCUT2D eigenvalue weighted by Crippen LogP contribution is -2.56. The lowest BCUT2D eigenvalue weighted by Gasteiger charge is -2.35. The molecular formula is C11H20N2O. The molecule has 1 saturated heterocycles. The van der Waals surface area contributed by atoms with Gasteiger partial charge in [0.15, 0.2) is 0 Å². The van der Waals surface area contributed by atoms with Gasteiger partial charge in [0, 0.05) is 13.1 Å². The number of carbonyl (C=O) groups is 1. The fourth-order valence-corrected chi connectivity index (χ4v) is 2.78. The van der Waals surface area contributed by atoms with Gasteiger partial charge >= 0.3 is 0 Å². The van der Waals surface area contributed by atoms with Crippen LogP contribution in [-0.4, -0.2) is 25.0 Å². The zero-order valence-electron chi connectivity index (χ0n) is 8.88. The first-order chi connectivity index (χ1) is 6.77. The summed E-state index contributed by atoms with van der Waals surface area (Å²) in [5.74, 6) is 1.58. The molecule has 0 aromatic carbocycles. The Morgan fingerprint density at radius 3 is 2.86 bits per heavy atom. The molecule has 1 aliphatic carbocycles. The van der Waals surface area contributed by atoms with Gasteiger partial charge in [-0.05, 0) is 24.7 Å². The molecule has 0 spiro atoms. The molecule has 3 atom stereocenters. The van der Waals surface area contributed by atoms with Crippen LogP contribution >= 0.6 is 0 Å². The van der Waals surface area contributed by atoms with Gasteiger partial charge in [0.25, 0.3) is 0 Å². The molecule has 0 bridgehead atoms. The maximum Gasteiger partial charge on any atom is 0.237 e. The smallest absolute Gasteiger partial charge is 0.237 e. The van der Waals surface area contributed by atoms with Gasteiger partial charge in [-0.3, -0.25) is 4.79 Å². The largest absolute Gasteiger partial charge is 0.353 e. The molecule has 14 heavy (non-hydrogen) atoms. The average molecular weight is 196 g/mol. The lowest BCUT2D eigenvalue weighted by atomic mass is 9.78. The van der Waals surface area contributed by atoms with Crippen molar-refractivity contribution in [3.05, 3.63) is 0 Å². The number of carbonyl (C=O) groups excluding carboxylic acids is 1. The van der Waals surface area contributed by atoms with Crippen LogP contribution in [0.25, 0.3) is 0 Å². The summed E-state index contributed by atoms with van der Waals surface area (Å²) < 4.78 is 0. The first kappa shape index (κ1) is 9.97. The number of piperazine rings is 1. The second kappa shape index (κ2) is 4.30. The third-order valence-electron chi connectivity index (χ3n) is 3.52. The normalized spacial score (nSPS) is 39.2. The molecule has 1 amide bonds. The molecule has 80 valence electrons. The van der Waals surface area contributed by atoms with Gasteiger partial charge in [-0.15, -0.1) is 0 Å². The molecule has 0 aromatic heterocycles. The topological polar surface area (TPSA) is 41.1 Å². The van der Waals surface area contributed by atoms with Crippen molar-refractivity contribution in [3.63, 3.8) is 0 Å². The minimum Gasteiger partial charge on any atom is -0.353 e. The summed E-state index contributed by atoms with van der Waals surface area (Å²) in [7, 11) is 0. The quantitative estimate of drug-likeness (QED) is 0.654. The zero-order chi connectivity index (χ0) is 9.97. The summed E-state index contributed by atoms with van der Waals surface area (Å²) in [6.07, 6.45) is 5.06. The summed E-state index contributed by atoms with van der Waals surface area (Å²) in [5, 5.41) is 6.29. The minimum atomic E-state index is 0.0894. The van der Waals surface area contributed by atoms with Crippen LogP contribution in [0.3, 0.4) is 0 Å².